The average Bonchev–Trinajstić information content (AvgIpc) is 2.74. The number of esters is 1. The first-order valence-electron chi connectivity index (χ1n) is 8.68. The number of aromatic nitrogens is 2. The predicted molar refractivity (Wildman–Crippen MR) is 107 cm³/mol. The minimum Gasteiger partial charge on any atom is -0.465 e. The molecule has 0 fully saturated rings. The number of ketones is 1. The molecule has 1 heterocycles. The van der Waals surface area contributed by atoms with Gasteiger partial charge in [-0.25, -0.2) is 4.79 Å². The van der Waals surface area contributed by atoms with Gasteiger partial charge >= 0.3 is 5.97 Å². The molecule has 0 aliphatic rings. The van der Waals surface area contributed by atoms with Crippen LogP contribution >= 0.6 is 0 Å². The van der Waals surface area contributed by atoms with Crippen LogP contribution in [-0.4, -0.2) is 35.0 Å². The van der Waals surface area contributed by atoms with E-state index in [1.165, 1.54) is 20.1 Å². The highest BCUT2D eigenvalue weighted by molar-refractivity contribution is 6.03. The van der Waals surface area contributed by atoms with E-state index in [9.17, 15) is 14.4 Å². The zero-order chi connectivity index (χ0) is 20.8. The molecule has 0 radical (unpaired) electrons. The molecule has 0 saturated carbocycles. The second-order valence-corrected chi connectivity index (χ2v) is 6.09. The van der Waals surface area contributed by atoms with Gasteiger partial charge in [-0.3, -0.25) is 9.59 Å². The van der Waals surface area contributed by atoms with E-state index >= 15 is 0 Å². The van der Waals surface area contributed by atoms with Gasteiger partial charge in [-0.05, 0) is 55.5 Å². The number of methoxy groups -OCH3 is 1. The fourth-order valence-electron chi connectivity index (χ4n) is 2.49. The van der Waals surface area contributed by atoms with Crippen LogP contribution in [0.1, 0.15) is 38.1 Å². The second kappa shape index (κ2) is 8.75. The molecule has 2 aromatic carbocycles. The maximum absolute atomic E-state index is 12.3. The van der Waals surface area contributed by atoms with E-state index in [1.54, 1.807) is 54.6 Å². The molecule has 1 aromatic heterocycles. The molecule has 2 N–H and O–H groups in total. The topological polar surface area (TPSA) is 110 Å². The molecule has 146 valence electrons. The summed E-state index contributed by atoms with van der Waals surface area (Å²) < 4.78 is 4.65. The summed E-state index contributed by atoms with van der Waals surface area (Å²) in [6, 6.07) is 16.5. The molecule has 0 unspecified atom stereocenters. The number of rotatable bonds is 6. The van der Waals surface area contributed by atoms with Gasteiger partial charge in [-0.1, -0.05) is 12.1 Å². The molecule has 0 aliphatic heterocycles. The van der Waals surface area contributed by atoms with Gasteiger partial charge < -0.3 is 15.4 Å². The van der Waals surface area contributed by atoms with Gasteiger partial charge in [0, 0.05) is 16.9 Å². The van der Waals surface area contributed by atoms with Crippen molar-refractivity contribution < 1.29 is 19.1 Å². The van der Waals surface area contributed by atoms with Crippen LogP contribution in [-0.2, 0) is 4.74 Å². The van der Waals surface area contributed by atoms with Crippen LogP contribution in [0, 0.1) is 0 Å². The van der Waals surface area contributed by atoms with Crippen LogP contribution in [0.2, 0.25) is 0 Å². The average molecular weight is 390 g/mol. The van der Waals surface area contributed by atoms with Crippen molar-refractivity contribution in [3.05, 3.63) is 77.5 Å². The molecule has 0 saturated heterocycles. The molecule has 8 heteroatoms. The molecule has 3 rings (SSSR count). The lowest BCUT2D eigenvalue weighted by atomic mass is 10.1. The molecule has 0 atom stereocenters. The van der Waals surface area contributed by atoms with Crippen LogP contribution in [0.25, 0.3) is 0 Å². The van der Waals surface area contributed by atoms with Gasteiger partial charge in [-0.15, -0.1) is 10.2 Å². The Bertz CT molecular complexity index is 1050. The summed E-state index contributed by atoms with van der Waals surface area (Å²) in [7, 11) is 1.32. The van der Waals surface area contributed by atoms with Crippen molar-refractivity contribution in [3.8, 4) is 0 Å². The molecule has 1 amide bonds. The molecule has 29 heavy (non-hydrogen) atoms. The van der Waals surface area contributed by atoms with Gasteiger partial charge in [0.2, 0.25) is 0 Å². The Hall–Kier alpha value is -4.07. The maximum Gasteiger partial charge on any atom is 0.337 e. The van der Waals surface area contributed by atoms with Gasteiger partial charge in [0.25, 0.3) is 5.91 Å². The molecule has 3 aromatic rings. The number of carbonyl (C=O) groups excluding carboxylic acids is 3. The fourth-order valence-corrected chi connectivity index (χ4v) is 2.49. The summed E-state index contributed by atoms with van der Waals surface area (Å²) in [5.41, 5.74) is 2.27. The van der Waals surface area contributed by atoms with Gasteiger partial charge in [0.1, 0.15) is 0 Å². The number of nitrogens with one attached hydrogen (secondary N) is 2. The lowest BCUT2D eigenvalue weighted by Crippen LogP contribution is -2.15. The Balaban J connectivity index is 1.65. The largest absolute Gasteiger partial charge is 0.465 e. The number of Topliss-reactive ketones (excluding diaryl/α,β-unsaturated/α-hetero) is 1. The van der Waals surface area contributed by atoms with Crippen LogP contribution in [0.15, 0.2) is 60.7 Å². The van der Waals surface area contributed by atoms with Crippen LogP contribution in [0.3, 0.4) is 0 Å². The van der Waals surface area contributed by atoms with Crippen LogP contribution in [0.5, 0.6) is 0 Å². The third-order valence-corrected chi connectivity index (χ3v) is 4.00. The van der Waals surface area contributed by atoms with Crippen molar-refractivity contribution in [3.63, 3.8) is 0 Å². The third-order valence-electron chi connectivity index (χ3n) is 4.00. The number of anilines is 3. The highest BCUT2D eigenvalue weighted by Crippen LogP contribution is 2.16. The Morgan fingerprint density at radius 2 is 1.62 bits per heavy atom. The molecular formula is C21H18N4O4. The van der Waals surface area contributed by atoms with Gasteiger partial charge in [-0.2, -0.15) is 0 Å². The number of ether oxygens (including phenoxy) is 1. The van der Waals surface area contributed by atoms with E-state index in [-0.39, 0.29) is 11.5 Å². The first-order valence-corrected chi connectivity index (χ1v) is 8.68. The third kappa shape index (κ3) is 5.01. The number of nitrogens with zero attached hydrogens (tertiary/aromatic N) is 2. The SMILES string of the molecule is COC(=O)c1ccc(Nc2ccc(C(=O)Nc3cccc(C(C)=O)c3)nn2)cc1. The Morgan fingerprint density at radius 3 is 2.24 bits per heavy atom. The van der Waals surface area contributed by atoms with Crippen molar-refractivity contribution in [1.29, 1.82) is 0 Å². The monoisotopic (exact) mass is 390 g/mol. The summed E-state index contributed by atoms with van der Waals surface area (Å²) in [4.78, 5) is 35.2. The number of hydrogen-bond donors (Lipinski definition) is 2. The van der Waals surface area contributed by atoms with Crippen molar-refractivity contribution in [2.24, 2.45) is 0 Å². The predicted octanol–water partition coefficient (Wildman–Crippen LogP) is 3.46. The van der Waals surface area contributed by atoms with Gasteiger partial charge in [0.05, 0.1) is 12.7 Å². The first-order chi connectivity index (χ1) is 14.0. The van der Waals surface area contributed by atoms with Gasteiger partial charge in [0.15, 0.2) is 17.3 Å². The van der Waals surface area contributed by atoms with Crippen LogP contribution < -0.4 is 10.6 Å². The highest BCUT2D eigenvalue weighted by Gasteiger charge is 2.10. The fraction of sp³-hybridized carbons (Fsp3) is 0.0952. The molecule has 0 spiro atoms. The first kappa shape index (κ1) is 19.7. The second-order valence-electron chi connectivity index (χ2n) is 6.09. The van der Waals surface area contributed by atoms with Crippen LogP contribution in [0.4, 0.5) is 17.2 Å². The van der Waals surface area contributed by atoms with Crippen molar-refractivity contribution in [1.82, 2.24) is 10.2 Å². The van der Waals surface area contributed by atoms with E-state index in [4.69, 9.17) is 0 Å². The summed E-state index contributed by atoms with van der Waals surface area (Å²) >= 11 is 0. The molecule has 8 nitrogen and oxygen atoms in total. The Labute approximate surface area is 166 Å². The normalized spacial score (nSPS) is 10.1. The summed E-state index contributed by atoms with van der Waals surface area (Å²) in [6.45, 7) is 1.46. The van der Waals surface area contributed by atoms with E-state index in [0.29, 0.717) is 28.3 Å². The molecule has 0 aliphatic carbocycles. The van der Waals surface area contributed by atoms with E-state index in [0.717, 1.165) is 0 Å². The minimum atomic E-state index is -0.438. The number of carbonyl (C=O) groups is 3. The van der Waals surface area contributed by atoms with Crippen molar-refractivity contribution >= 4 is 34.9 Å². The zero-order valence-electron chi connectivity index (χ0n) is 15.8. The summed E-state index contributed by atoms with van der Waals surface area (Å²) in [5, 5.41) is 13.6. The number of amides is 1. The Kier molecular flexibility index (Phi) is 5.94. The summed E-state index contributed by atoms with van der Waals surface area (Å²) in [5.74, 6) is -0.505. The Morgan fingerprint density at radius 1 is 0.862 bits per heavy atom. The van der Waals surface area contributed by atoms with Crippen molar-refractivity contribution in [2.75, 3.05) is 17.7 Å². The molecular weight excluding hydrogens is 372 g/mol. The minimum absolute atomic E-state index is 0.0871. The quantitative estimate of drug-likeness (QED) is 0.490. The van der Waals surface area contributed by atoms with E-state index in [2.05, 4.69) is 25.6 Å². The van der Waals surface area contributed by atoms with E-state index in [1.807, 2.05) is 0 Å². The summed E-state index contributed by atoms with van der Waals surface area (Å²) in [6.07, 6.45) is 0. The van der Waals surface area contributed by atoms with Crippen molar-refractivity contribution in [2.45, 2.75) is 6.92 Å². The zero-order valence-corrected chi connectivity index (χ0v) is 15.8. The number of benzene rings is 2. The lowest BCUT2D eigenvalue weighted by Gasteiger charge is -2.08. The highest BCUT2D eigenvalue weighted by atomic mass is 16.5. The standard InChI is InChI=1S/C21H18N4O4/c1-13(26)15-4-3-5-17(12-15)23-20(27)18-10-11-19(25-24-18)22-16-8-6-14(7-9-16)21(28)29-2/h3-12H,1-2H3,(H,22,25)(H,23,27). The lowest BCUT2D eigenvalue weighted by molar-refractivity contribution is 0.0600. The number of hydrogen-bond acceptors (Lipinski definition) is 7. The maximum atomic E-state index is 12.3. The smallest absolute Gasteiger partial charge is 0.337 e. The molecule has 0 bridgehead atoms. The van der Waals surface area contributed by atoms with E-state index < -0.39 is 11.9 Å².